The third-order valence-corrected chi connectivity index (χ3v) is 2.21. The Labute approximate surface area is 83.6 Å². The van der Waals surface area contributed by atoms with Gasteiger partial charge in [-0.1, -0.05) is 20.3 Å². The predicted octanol–water partition coefficient (Wildman–Crippen LogP) is 2.18. The first-order valence-electron chi connectivity index (χ1n) is 4.94. The first-order valence-corrected chi connectivity index (χ1v) is 4.94. The van der Waals surface area contributed by atoms with Gasteiger partial charge in [-0.15, -0.1) is 0 Å². The molecule has 0 aliphatic rings. The number of aromatic nitrogens is 2. The van der Waals surface area contributed by atoms with Gasteiger partial charge in [0.1, 0.15) is 5.82 Å². The van der Waals surface area contributed by atoms with Gasteiger partial charge in [0.15, 0.2) is 0 Å². The van der Waals surface area contributed by atoms with E-state index in [2.05, 4.69) is 16.9 Å². The van der Waals surface area contributed by atoms with Gasteiger partial charge in [0, 0.05) is 5.92 Å². The topological polar surface area (TPSA) is 66.2 Å². The zero-order valence-corrected chi connectivity index (χ0v) is 8.56. The Morgan fingerprint density at radius 1 is 1.21 bits per heavy atom. The second-order valence-electron chi connectivity index (χ2n) is 3.34. The summed E-state index contributed by atoms with van der Waals surface area (Å²) in [4.78, 5) is 7.82. The third-order valence-electron chi connectivity index (χ3n) is 2.21. The molecule has 4 nitrogen and oxygen atoms in total. The van der Waals surface area contributed by atoms with Crippen molar-refractivity contribution in [3.05, 3.63) is 11.9 Å². The van der Waals surface area contributed by atoms with Crippen LogP contribution in [0.3, 0.4) is 0 Å². The molecule has 1 aromatic heterocycles. The lowest BCUT2D eigenvalue weighted by molar-refractivity contribution is 0.408. The van der Waals surface area contributed by atoms with Crippen LogP contribution in [-0.4, -0.2) is 20.2 Å². The molecule has 2 N–H and O–H groups in total. The lowest BCUT2D eigenvalue weighted by atomic mass is 10.00. The highest BCUT2D eigenvalue weighted by atomic mass is 16.3. The quantitative estimate of drug-likeness (QED) is 0.774. The van der Waals surface area contributed by atoms with Gasteiger partial charge in [0.05, 0.1) is 6.07 Å². The lowest BCUT2D eigenvalue weighted by Gasteiger charge is -2.11. The Bertz CT molecular complexity index is 282. The number of hydrogen-bond acceptors (Lipinski definition) is 4. The van der Waals surface area contributed by atoms with Crippen molar-refractivity contribution in [3.63, 3.8) is 0 Å². The van der Waals surface area contributed by atoms with E-state index in [9.17, 15) is 10.2 Å². The standard InChI is InChI=1S/C10H16N2O2/c1-3-5-7(4-2)10-11-8(13)6-9(14)12-10/h6-7H,3-5H2,1-2H3,(H2,11,12,13,14). The highest BCUT2D eigenvalue weighted by Gasteiger charge is 2.13. The van der Waals surface area contributed by atoms with Crippen molar-refractivity contribution in [2.75, 3.05) is 0 Å². The van der Waals surface area contributed by atoms with Crippen LogP contribution in [0.2, 0.25) is 0 Å². The van der Waals surface area contributed by atoms with Crippen molar-refractivity contribution in [3.8, 4) is 11.8 Å². The minimum atomic E-state index is -0.165. The van der Waals surface area contributed by atoms with E-state index in [0.29, 0.717) is 5.82 Å². The summed E-state index contributed by atoms with van der Waals surface area (Å²) in [5.41, 5.74) is 0. The average molecular weight is 196 g/mol. The van der Waals surface area contributed by atoms with Crippen LogP contribution in [0.1, 0.15) is 44.9 Å². The summed E-state index contributed by atoms with van der Waals surface area (Å²) in [6, 6.07) is 1.14. The van der Waals surface area contributed by atoms with Crippen LogP contribution >= 0.6 is 0 Å². The molecule has 0 spiro atoms. The monoisotopic (exact) mass is 196 g/mol. The molecule has 0 aromatic carbocycles. The van der Waals surface area contributed by atoms with E-state index in [0.717, 1.165) is 25.3 Å². The van der Waals surface area contributed by atoms with Crippen molar-refractivity contribution >= 4 is 0 Å². The Hall–Kier alpha value is -1.32. The Kier molecular flexibility index (Phi) is 3.68. The van der Waals surface area contributed by atoms with Crippen molar-refractivity contribution in [1.29, 1.82) is 0 Å². The molecule has 0 bridgehead atoms. The van der Waals surface area contributed by atoms with Gasteiger partial charge in [-0.25, -0.2) is 0 Å². The second-order valence-corrected chi connectivity index (χ2v) is 3.34. The Morgan fingerprint density at radius 2 is 1.79 bits per heavy atom. The number of aromatic hydroxyl groups is 2. The van der Waals surface area contributed by atoms with E-state index in [-0.39, 0.29) is 17.7 Å². The molecule has 4 heteroatoms. The number of nitrogens with zero attached hydrogens (tertiary/aromatic N) is 2. The minimum absolute atomic E-state index is 0.165. The van der Waals surface area contributed by atoms with Gasteiger partial charge in [-0.05, 0) is 12.8 Å². The summed E-state index contributed by atoms with van der Waals surface area (Å²) in [5.74, 6) is 0.425. The van der Waals surface area contributed by atoms with Crippen LogP contribution in [0, 0.1) is 0 Å². The summed E-state index contributed by atoms with van der Waals surface area (Å²) in [5, 5.41) is 18.4. The van der Waals surface area contributed by atoms with E-state index in [1.54, 1.807) is 0 Å². The zero-order valence-electron chi connectivity index (χ0n) is 8.56. The molecule has 0 aliphatic heterocycles. The summed E-state index contributed by atoms with van der Waals surface area (Å²) in [6.07, 6.45) is 2.93. The van der Waals surface area contributed by atoms with E-state index < -0.39 is 0 Å². The van der Waals surface area contributed by atoms with Crippen molar-refractivity contribution in [2.24, 2.45) is 0 Å². The van der Waals surface area contributed by atoms with Crippen LogP contribution < -0.4 is 0 Å². The maximum Gasteiger partial charge on any atom is 0.217 e. The number of rotatable bonds is 4. The molecule has 1 atom stereocenters. The molecule has 14 heavy (non-hydrogen) atoms. The second kappa shape index (κ2) is 4.79. The van der Waals surface area contributed by atoms with Gasteiger partial charge < -0.3 is 10.2 Å². The van der Waals surface area contributed by atoms with Gasteiger partial charge in [0.2, 0.25) is 11.8 Å². The van der Waals surface area contributed by atoms with Gasteiger partial charge in [-0.3, -0.25) is 0 Å². The van der Waals surface area contributed by atoms with E-state index >= 15 is 0 Å². The van der Waals surface area contributed by atoms with Crippen molar-refractivity contribution in [1.82, 2.24) is 9.97 Å². The molecule has 0 saturated carbocycles. The molecule has 0 saturated heterocycles. The average Bonchev–Trinajstić information content (AvgIpc) is 2.12. The van der Waals surface area contributed by atoms with Crippen molar-refractivity contribution < 1.29 is 10.2 Å². The summed E-state index contributed by atoms with van der Waals surface area (Å²) in [7, 11) is 0. The normalized spacial score (nSPS) is 12.7. The summed E-state index contributed by atoms with van der Waals surface area (Å²) in [6.45, 7) is 4.14. The van der Waals surface area contributed by atoms with Crippen LogP contribution in [0.25, 0.3) is 0 Å². The molecule has 0 radical (unpaired) electrons. The molecule has 1 aromatic rings. The molecule has 0 aliphatic carbocycles. The Balaban J connectivity index is 2.91. The fourth-order valence-electron chi connectivity index (χ4n) is 1.49. The highest BCUT2D eigenvalue weighted by Crippen LogP contribution is 2.24. The minimum Gasteiger partial charge on any atom is -0.493 e. The Morgan fingerprint density at radius 3 is 2.21 bits per heavy atom. The summed E-state index contributed by atoms with van der Waals surface area (Å²) >= 11 is 0. The van der Waals surface area contributed by atoms with Crippen LogP contribution in [0.15, 0.2) is 6.07 Å². The third kappa shape index (κ3) is 2.58. The van der Waals surface area contributed by atoms with E-state index in [1.165, 1.54) is 0 Å². The molecular weight excluding hydrogens is 180 g/mol. The molecule has 1 heterocycles. The predicted molar refractivity (Wildman–Crippen MR) is 53.3 cm³/mol. The molecular formula is C10H16N2O2. The first-order chi connectivity index (χ1) is 6.67. The molecule has 0 fully saturated rings. The lowest BCUT2D eigenvalue weighted by Crippen LogP contribution is -2.03. The SMILES string of the molecule is CCCC(CC)c1nc(O)cc(O)n1. The van der Waals surface area contributed by atoms with Gasteiger partial charge in [0.25, 0.3) is 0 Å². The van der Waals surface area contributed by atoms with E-state index in [1.807, 2.05) is 6.92 Å². The fraction of sp³-hybridized carbons (Fsp3) is 0.600. The van der Waals surface area contributed by atoms with Crippen LogP contribution in [0.5, 0.6) is 11.8 Å². The largest absolute Gasteiger partial charge is 0.493 e. The number of hydrogen-bond donors (Lipinski definition) is 2. The zero-order chi connectivity index (χ0) is 10.6. The molecule has 1 rings (SSSR count). The molecule has 0 amide bonds. The van der Waals surface area contributed by atoms with Gasteiger partial charge >= 0.3 is 0 Å². The van der Waals surface area contributed by atoms with Crippen LogP contribution in [0.4, 0.5) is 0 Å². The maximum atomic E-state index is 9.20. The van der Waals surface area contributed by atoms with Gasteiger partial charge in [-0.2, -0.15) is 9.97 Å². The summed E-state index contributed by atoms with van der Waals surface area (Å²) < 4.78 is 0. The maximum absolute atomic E-state index is 9.20. The smallest absolute Gasteiger partial charge is 0.217 e. The highest BCUT2D eigenvalue weighted by molar-refractivity contribution is 5.19. The van der Waals surface area contributed by atoms with Crippen LogP contribution in [-0.2, 0) is 0 Å². The molecule has 1 unspecified atom stereocenters. The van der Waals surface area contributed by atoms with Crippen molar-refractivity contribution in [2.45, 2.75) is 39.0 Å². The molecule has 78 valence electrons. The fourth-order valence-corrected chi connectivity index (χ4v) is 1.49. The first kappa shape index (κ1) is 10.8. The van der Waals surface area contributed by atoms with E-state index in [4.69, 9.17) is 0 Å².